The molecule has 0 unspecified atom stereocenters. The molecule has 0 aliphatic rings. The summed E-state index contributed by atoms with van der Waals surface area (Å²) in [7, 11) is -4.07. The summed E-state index contributed by atoms with van der Waals surface area (Å²) in [6.07, 6.45) is 1.55. The quantitative estimate of drug-likeness (QED) is 0.196. The smallest absolute Gasteiger partial charge is 0.272 e. The van der Waals surface area contributed by atoms with Gasteiger partial charge in [0.05, 0.1) is 21.1 Å². The molecule has 156 valence electrons. The lowest BCUT2D eigenvalue weighted by atomic mass is 9.97. The number of halogens is 1. The summed E-state index contributed by atoms with van der Waals surface area (Å²) in [6, 6.07) is 18.5. The predicted octanol–water partition coefficient (Wildman–Crippen LogP) is 4.65. The zero-order valence-corrected chi connectivity index (χ0v) is 17.4. The summed E-state index contributed by atoms with van der Waals surface area (Å²) >= 11 is 6.59. The lowest BCUT2D eigenvalue weighted by Gasteiger charge is -2.10. The molecule has 0 saturated carbocycles. The number of benzene rings is 4. The number of hydrogen-bond donors (Lipinski definition) is 2. The van der Waals surface area contributed by atoms with Crippen LogP contribution in [-0.2, 0) is 10.0 Å². The molecule has 0 bridgehead atoms. The number of nitrogens with two attached hydrogens (primary N) is 1. The first-order valence-electron chi connectivity index (χ1n) is 8.96. The van der Waals surface area contributed by atoms with Crippen molar-refractivity contribution < 1.29 is 13.3 Å². The van der Waals surface area contributed by atoms with Gasteiger partial charge < -0.3 is 0 Å². The number of hydrazone groups is 1. The molecule has 0 radical (unpaired) electrons. The van der Waals surface area contributed by atoms with Gasteiger partial charge in [0, 0.05) is 22.4 Å². The molecule has 0 heterocycles. The monoisotopic (exact) mass is 454 g/mol. The van der Waals surface area contributed by atoms with E-state index >= 15 is 0 Å². The molecule has 0 aliphatic heterocycles. The lowest BCUT2D eigenvalue weighted by Crippen LogP contribution is -2.12. The largest absolute Gasteiger partial charge is 0.295 e. The van der Waals surface area contributed by atoms with Gasteiger partial charge >= 0.3 is 0 Å². The number of fused-ring (bicyclic) bond motifs is 2. The molecule has 10 heteroatoms. The first-order chi connectivity index (χ1) is 14.8. The SMILES string of the molecule is NS(=O)(=O)c1ccc(NN=Cc2c3ccccc3c(Cl)c3ccccc23)c([N+](=O)[O-])c1. The van der Waals surface area contributed by atoms with E-state index in [1.807, 2.05) is 48.5 Å². The van der Waals surface area contributed by atoms with Gasteiger partial charge in [-0.25, -0.2) is 13.6 Å². The van der Waals surface area contributed by atoms with E-state index in [1.165, 1.54) is 12.1 Å². The highest BCUT2D eigenvalue weighted by Gasteiger charge is 2.19. The van der Waals surface area contributed by atoms with Crippen molar-refractivity contribution in [1.29, 1.82) is 0 Å². The molecule has 3 N–H and O–H groups in total. The second-order valence-corrected chi connectivity index (χ2v) is 8.61. The third-order valence-corrected chi connectivity index (χ3v) is 6.10. The van der Waals surface area contributed by atoms with Crippen molar-refractivity contribution in [3.8, 4) is 0 Å². The van der Waals surface area contributed by atoms with Gasteiger partial charge in [-0.15, -0.1) is 0 Å². The Bertz CT molecular complexity index is 1430. The molecule has 31 heavy (non-hydrogen) atoms. The molecule has 0 spiro atoms. The standard InChI is InChI=1S/C21H15ClN4O4S/c22-21-16-7-3-1-5-14(16)18(15-6-2-4-8-17(15)21)12-24-25-19-10-9-13(31(23,29)30)11-20(19)26(27)28/h1-12,25H,(H2,23,29,30). The fraction of sp³-hybridized carbons (Fsp3) is 0. The number of rotatable bonds is 5. The van der Waals surface area contributed by atoms with Gasteiger partial charge in [-0.3, -0.25) is 15.5 Å². The van der Waals surface area contributed by atoms with Crippen molar-refractivity contribution in [2.24, 2.45) is 10.2 Å². The van der Waals surface area contributed by atoms with E-state index in [2.05, 4.69) is 10.5 Å². The molecule has 0 fully saturated rings. The van der Waals surface area contributed by atoms with E-state index in [4.69, 9.17) is 16.7 Å². The van der Waals surface area contributed by atoms with Crippen LogP contribution in [0.4, 0.5) is 11.4 Å². The molecule has 4 aromatic rings. The van der Waals surface area contributed by atoms with Gasteiger partial charge in [0.2, 0.25) is 10.0 Å². The van der Waals surface area contributed by atoms with Crippen LogP contribution in [0.5, 0.6) is 0 Å². The summed E-state index contributed by atoms with van der Waals surface area (Å²) < 4.78 is 23.0. The van der Waals surface area contributed by atoms with Gasteiger partial charge in [-0.1, -0.05) is 60.1 Å². The molecule has 0 atom stereocenters. The van der Waals surface area contributed by atoms with Gasteiger partial charge in [-0.05, 0) is 22.9 Å². The van der Waals surface area contributed by atoms with Crippen molar-refractivity contribution in [3.63, 3.8) is 0 Å². The van der Waals surface area contributed by atoms with Crippen molar-refractivity contribution >= 4 is 60.8 Å². The number of hydrogen-bond acceptors (Lipinski definition) is 6. The summed E-state index contributed by atoms with van der Waals surface area (Å²) in [5.41, 5.74) is 2.97. The van der Waals surface area contributed by atoms with Crippen LogP contribution < -0.4 is 10.6 Å². The van der Waals surface area contributed by atoms with Crippen LogP contribution >= 0.6 is 11.6 Å². The Kier molecular flexibility index (Phi) is 5.32. The van der Waals surface area contributed by atoms with Crippen LogP contribution in [-0.4, -0.2) is 19.6 Å². The van der Waals surface area contributed by atoms with Crippen LogP contribution in [0, 0.1) is 10.1 Å². The van der Waals surface area contributed by atoms with E-state index < -0.39 is 20.6 Å². The highest BCUT2D eigenvalue weighted by Crippen LogP contribution is 2.35. The zero-order valence-electron chi connectivity index (χ0n) is 15.8. The first-order valence-corrected chi connectivity index (χ1v) is 10.9. The van der Waals surface area contributed by atoms with Crippen molar-refractivity contribution in [2.45, 2.75) is 4.90 Å². The summed E-state index contributed by atoms with van der Waals surface area (Å²) in [6.45, 7) is 0. The average Bonchev–Trinajstić information content (AvgIpc) is 2.75. The zero-order chi connectivity index (χ0) is 22.2. The molecule has 4 rings (SSSR count). The van der Waals surface area contributed by atoms with Gasteiger partial charge in [0.25, 0.3) is 5.69 Å². The van der Waals surface area contributed by atoms with Crippen LogP contribution in [0.3, 0.4) is 0 Å². The van der Waals surface area contributed by atoms with E-state index in [0.29, 0.717) is 5.02 Å². The van der Waals surface area contributed by atoms with Gasteiger partial charge in [0.15, 0.2) is 0 Å². The molecule has 4 aromatic carbocycles. The molecule has 0 aromatic heterocycles. The van der Waals surface area contributed by atoms with E-state index in [-0.39, 0.29) is 10.6 Å². The van der Waals surface area contributed by atoms with Gasteiger partial charge in [0.1, 0.15) is 5.69 Å². The third kappa shape index (κ3) is 3.93. The van der Waals surface area contributed by atoms with Crippen molar-refractivity contribution in [3.05, 3.63) is 87.4 Å². The van der Waals surface area contributed by atoms with Gasteiger partial charge in [-0.2, -0.15) is 5.10 Å². The number of sulfonamides is 1. The normalized spacial score (nSPS) is 11.9. The predicted molar refractivity (Wildman–Crippen MR) is 122 cm³/mol. The minimum Gasteiger partial charge on any atom is -0.272 e. The summed E-state index contributed by atoms with van der Waals surface area (Å²) in [5, 5.41) is 24.7. The van der Waals surface area contributed by atoms with Crippen LogP contribution in [0.25, 0.3) is 21.5 Å². The highest BCUT2D eigenvalue weighted by atomic mass is 35.5. The third-order valence-electron chi connectivity index (χ3n) is 4.78. The average molecular weight is 455 g/mol. The minimum absolute atomic E-state index is 0.0243. The Labute approximate surface area is 182 Å². The van der Waals surface area contributed by atoms with Crippen LogP contribution in [0.1, 0.15) is 5.56 Å². The fourth-order valence-corrected chi connectivity index (χ4v) is 4.21. The second kappa shape index (κ2) is 7.95. The van der Waals surface area contributed by atoms with E-state index in [0.717, 1.165) is 33.2 Å². The molecule has 0 aliphatic carbocycles. The Balaban J connectivity index is 1.80. The number of nitro groups is 1. The Morgan fingerprint density at radius 3 is 2.03 bits per heavy atom. The molecular formula is C21H15ClN4O4S. The minimum atomic E-state index is -4.07. The van der Waals surface area contributed by atoms with E-state index in [1.54, 1.807) is 6.21 Å². The van der Waals surface area contributed by atoms with E-state index in [9.17, 15) is 18.5 Å². The number of anilines is 1. The molecule has 8 nitrogen and oxygen atoms in total. The Morgan fingerprint density at radius 2 is 1.52 bits per heavy atom. The lowest BCUT2D eigenvalue weighted by molar-refractivity contribution is -0.384. The second-order valence-electron chi connectivity index (χ2n) is 6.67. The summed E-state index contributed by atoms with van der Waals surface area (Å²) in [5.74, 6) is 0. The van der Waals surface area contributed by atoms with Crippen molar-refractivity contribution in [1.82, 2.24) is 0 Å². The molecular weight excluding hydrogens is 440 g/mol. The Hall–Kier alpha value is -3.53. The number of nitrogens with one attached hydrogen (secondary N) is 1. The topological polar surface area (TPSA) is 128 Å². The molecule has 0 amide bonds. The Morgan fingerprint density at radius 1 is 0.968 bits per heavy atom. The fourth-order valence-electron chi connectivity index (χ4n) is 3.35. The number of nitro benzene ring substituents is 1. The summed E-state index contributed by atoms with van der Waals surface area (Å²) in [4.78, 5) is 10.3. The first kappa shape index (κ1) is 20.7. The number of primary sulfonamides is 1. The van der Waals surface area contributed by atoms with Crippen molar-refractivity contribution in [2.75, 3.05) is 5.43 Å². The van der Waals surface area contributed by atoms with Crippen LogP contribution in [0.15, 0.2) is 76.7 Å². The number of nitrogens with zero attached hydrogens (tertiary/aromatic N) is 2. The maximum Gasteiger partial charge on any atom is 0.295 e. The van der Waals surface area contributed by atoms with Crippen LogP contribution in [0.2, 0.25) is 5.02 Å². The molecule has 0 saturated heterocycles. The maximum absolute atomic E-state index is 11.5. The highest BCUT2D eigenvalue weighted by molar-refractivity contribution is 7.89. The maximum atomic E-state index is 11.5.